The maximum absolute atomic E-state index is 12.9. The summed E-state index contributed by atoms with van der Waals surface area (Å²) < 4.78 is 38.7. The number of nitrogens with one attached hydrogen (secondary N) is 2. The van der Waals surface area contributed by atoms with E-state index < -0.39 is 11.7 Å². The number of benzene rings is 2. The summed E-state index contributed by atoms with van der Waals surface area (Å²) in [4.78, 5) is 0. The smallest absolute Gasteiger partial charge is 0.317 e. The predicted molar refractivity (Wildman–Crippen MR) is 97.1 cm³/mol. The zero-order valence-electron chi connectivity index (χ0n) is 14.5. The van der Waals surface area contributed by atoms with E-state index >= 15 is 0 Å². The lowest BCUT2D eigenvalue weighted by Crippen LogP contribution is -2.41. The maximum Gasteiger partial charge on any atom is 0.416 e. The average Bonchev–Trinajstić information content (AvgIpc) is 3.41. The zero-order valence-corrected chi connectivity index (χ0v) is 14.5. The van der Waals surface area contributed by atoms with Gasteiger partial charge in [-0.3, -0.25) is 0 Å². The third-order valence-corrected chi connectivity index (χ3v) is 5.44. The van der Waals surface area contributed by atoms with E-state index in [0.29, 0.717) is 23.6 Å². The number of hydrogen-bond donors (Lipinski definition) is 2. The fraction of sp³-hybridized carbons (Fsp3) is 0.429. The first kappa shape index (κ1) is 17.6. The molecule has 1 saturated heterocycles. The lowest BCUT2D eigenvalue weighted by molar-refractivity contribution is -0.137. The van der Waals surface area contributed by atoms with Gasteiger partial charge >= 0.3 is 6.18 Å². The Morgan fingerprint density at radius 3 is 2.35 bits per heavy atom. The molecule has 0 bridgehead atoms. The molecule has 2 N–H and O–H groups in total. The highest BCUT2D eigenvalue weighted by molar-refractivity contribution is 5.65. The van der Waals surface area contributed by atoms with Gasteiger partial charge in [-0.2, -0.15) is 13.2 Å². The van der Waals surface area contributed by atoms with Crippen LogP contribution in [0.3, 0.4) is 0 Å². The molecule has 2 fully saturated rings. The van der Waals surface area contributed by atoms with Gasteiger partial charge in [0.2, 0.25) is 0 Å². The predicted octanol–water partition coefficient (Wildman–Crippen LogP) is 4.57. The van der Waals surface area contributed by atoms with E-state index in [1.165, 1.54) is 30.5 Å². The first-order valence-corrected chi connectivity index (χ1v) is 9.25. The van der Waals surface area contributed by atoms with Crippen molar-refractivity contribution >= 4 is 0 Å². The van der Waals surface area contributed by atoms with E-state index in [2.05, 4.69) is 22.8 Å². The average molecular weight is 360 g/mol. The van der Waals surface area contributed by atoms with Crippen molar-refractivity contribution < 1.29 is 13.2 Å². The first-order valence-electron chi connectivity index (χ1n) is 9.25. The fourth-order valence-electron chi connectivity index (χ4n) is 3.84. The van der Waals surface area contributed by atoms with E-state index in [4.69, 9.17) is 0 Å². The molecule has 0 radical (unpaired) electrons. The van der Waals surface area contributed by atoms with Gasteiger partial charge in [-0.15, -0.1) is 0 Å². The monoisotopic (exact) mass is 360 g/mol. The van der Waals surface area contributed by atoms with Gasteiger partial charge in [0, 0.05) is 18.0 Å². The van der Waals surface area contributed by atoms with Crippen LogP contribution in [0.2, 0.25) is 0 Å². The summed E-state index contributed by atoms with van der Waals surface area (Å²) in [5.41, 5.74) is 2.09. The van der Waals surface area contributed by atoms with Crippen molar-refractivity contribution in [2.24, 2.45) is 0 Å². The SMILES string of the molecule is FC(F)(F)c1cccc(-c2ccc([C@@H]3C[C@H]3NC3CCNCC3)cc2)c1. The van der Waals surface area contributed by atoms with Crippen LogP contribution >= 0.6 is 0 Å². The Bertz CT molecular complexity index is 749. The zero-order chi connectivity index (χ0) is 18.1. The van der Waals surface area contributed by atoms with Crippen molar-refractivity contribution in [3.63, 3.8) is 0 Å². The molecule has 5 heteroatoms. The van der Waals surface area contributed by atoms with E-state index in [9.17, 15) is 13.2 Å². The van der Waals surface area contributed by atoms with Crippen molar-refractivity contribution in [3.8, 4) is 11.1 Å². The largest absolute Gasteiger partial charge is 0.416 e. The molecule has 2 aliphatic rings. The lowest BCUT2D eigenvalue weighted by Gasteiger charge is -2.24. The van der Waals surface area contributed by atoms with Crippen LogP contribution in [-0.2, 0) is 6.18 Å². The molecule has 26 heavy (non-hydrogen) atoms. The van der Waals surface area contributed by atoms with Crippen molar-refractivity contribution in [2.75, 3.05) is 13.1 Å². The molecule has 0 spiro atoms. The summed E-state index contributed by atoms with van der Waals surface area (Å²) in [7, 11) is 0. The molecule has 2 nitrogen and oxygen atoms in total. The lowest BCUT2D eigenvalue weighted by atomic mass is 10.00. The molecule has 1 aliphatic heterocycles. The topological polar surface area (TPSA) is 24.1 Å². The Hall–Kier alpha value is -1.85. The van der Waals surface area contributed by atoms with Crippen molar-refractivity contribution in [1.29, 1.82) is 0 Å². The van der Waals surface area contributed by atoms with Crippen molar-refractivity contribution in [1.82, 2.24) is 10.6 Å². The van der Waals surface area contributed by atoms with Gasteiger partial charge in [-0.1, -0.05) is 36.4 Å². The second-order valence-corrected chi connectivity index (χ2v) is 7.34. The minimum atomic E-state index is -4.31. The minimum absolute atomic E-state index is 0.528. The molecule has 4 rings (SSSR count). The van der Waals surface area contributed by atoms with Crippen molar-refractivity contribution in [2.45, 2.75) is 43.4 Å². The molecule has 2 atom stereocenters. The van der Waals surface area contributed by atoms with Crippen LogP contribution < -0.4 is 10.6 Å². The van der Waals surface area contributed by atoms with Gasteiger partial charge in [0.05, 0.1) is 5.56 Å². The highest BCUT2D eigenvalue weighted by atomic mass is 19.4. The molecule has 0 aromatic heterocycles. The highest BCUT2D eigenvalue weighted by Crippen LogP contribution is 2.42. The quantitative estimate of drug-likeness (QED) is 0.835. The van der Waals surface area contributed by atoms with Crippen molar-refractivity contribution in [3.05, 3.63) is 59.7 Å². The molecule has 2 aromatic carbocycles. The molecule has 1 heterocycles. The Morgan fingerprint density at radius 2 is 1.65 bits per heavy atom. The van der Waals surface area contributed by atoms with E-state index in [-0.39, 0.29) is 0 Å². The Balaban J connectivity index is 1.41. The molecule has 1 saturated carbocycles. The number of piperidine rings is 1. The summed E-state index contributed by atoms with van der Waals surface area (Å²) in [6.07, 6.45) is -0.806. The van der Waals surface area contributed by atoms with Gasteiger partial charge in [0.1, 0.15) is 0 Å². The number of hydrogen-bond acceptors (Lipinski definition) is 2. The minimum Gasteiger partial charge on any atom is -0.317 e. The van der Waals surface area contributed by atoms with Crippen LogP contribution in [0.1, 0.15) is 36.3 Å². The van der Waals surface area contributed by atoms with E-state index in [0.717, 1.165) is 31.1 Å². The van der Waals surface area contributed by atoms with Crippen LogP contribution in [0.25, 0.3) is 11.1 Å². The number of alkyl halides is 3. The Labute approximate surface area is 151 Å². The summed E-state index contributed by atoms with van der Waals surface area (Å²) in [6.45, 7) is 2.17. The van der Waals surface area contributed by atoms with Gasteiger partial charge in [0.15, 0.2) is 0 Å². The summed E-state index contributed by atoms with van der Waals surface area (Å²) >= 11 is 0. The van der Waals surface area contributed by atoms with Crippen LogP contribution in [0, 0.1) is 0 Å². The summed E-state index contributed by atoms with van der Waals surface area (Å²) in [5, 5.41) is 7.12. The third-order valence-electron chi connectivity index (χ3n) is 5.44. The first-order chi connectivity index (χ1) is 12.5. The van der Waals surface area contributed by atoms with Crippen LogP contribution in [0.4, 0.5) is 13.2 Å². The van der Waals surface area contributed by atoms with Crippen LogP contribution in [0.15, 0.2) is 48.5 Å². The second kappa shape index (κ2) is 7.05. The number of halogens is 3. The molecule has 2 aromatic rings. The number of rotatable bonds is 4. The normalized spacial score (nSPS) is 23.8. The molecule has 138 valence electrons. The summed E-state index contributed by atoms with van der Waals surface area (Å²) in [5.74, 6) is 0.528. The molecule has 1 aliphatic carbocycles. The molecular formula is C21H23F3N2. The molecular weight excluding hydrogens is 337 g/mol. The van der Waals surface area contributed by atoms with E-state index in [1.807, 2.05) is 12.1 Å². The highest BCUT2D eigenvalue weighted by Gasteiger charge is 2.39. The maximum atomic E-state index is 12.9. The van der Waals surface area contributed by atoms with Gasteiger partial charge in [-0.05, 0) is 61.2 Å². The Kier molecular flexibility index (Phi) is 4.76. The van der Waals surface area contributed by atoms with Gasteiger partial charge in [0.25, 0.3) is 0 Å². The third kappa shape index (κ3) is 3.94. The molecule has 0 amide bonds. The van der Waals surface area contributed by atoms with Gasteiger partial charge < -0.3 is 10.6 Å². The van der Waals surface area contributed by atoms with Crippen LogP contribution in [0.5, 0.6) is 0 Å². The standard InChI is InChI=1S/C21H23F3N2/c22-21(23,24)17-3-1-2-16(12-17)14-4-6-15(7-5-14)19-13-20(19)26-18-8-10-25-11-9-18/h1-7,12,18-20,25-26H,8-11,13H2/t19-,20+/m0/s1. The van der Waals surface area contributed by atoms with E-state index in [1.54, 1.807) is 6.07 Å². The van der Waals surface area contributed by atoms with Gasteiger partial charge in [-0.25, -0.2) is 0 Å². The second-order valence-electron chi connectivity index (χ2n) is 7.34. The summed E-state index contributed by atoms with van der Waals surface area (Å²) in [6, 6.07) is 14.7. The Morgan fingerprint density at radius 1 is 0.923 bits per heavy atom. The molecule has 0 unspecified atom stereocenters. The van der Waals surface area contributed by atoms with Crippen LogP contribution in [-0.4, -0.2) is 25.2 Å². The fourth-order valence-corrected chi connectivity index (χ4v) is 3.84.